The van der Waals surface area contributed by atoms with Crippen molar-refractivity contribution in [1.29, 1.82) is 5.26 Å². The van der Waals surface area contributed by atoms with Crippen LogP contribution in [0.25, 0.3) is 5.69 Å². The normalized spacial score (nSPS) is 13.1. The molecule has 0 aliphatic carbocycles. The van der Waals surface area contributed by atoms with Gasteiger partial charge in [0.1, 0.15) is 22.4 Å². The third kappa shape index (κ3) is 4.90. The summed E-state index contributed by atoms with van der Waals surface area (Å²) in [4.78, 5) is 40.2. The molecule has 0 atom stereocenters. The lowest BCUT2D eigenvalue weighted by molar-refractivity contribution is -0.672. The van der Waals surface area contributed by atoms with Gasteiger partial charge in [-0.1, -0.05) is 0 Å². The van der Waals surface area contributed by atoms with E-state index in [-0.39, 0.29) is 12.2 Å². The average molecular weight is 499 g/mol. The van der Waals surface area contributed by atoms with Crippen molar-refractivity contribution in [2.75, 3.05) is 19.0 Å². The van der Waals surface area contributed by atoms with E-state index >= 15 is 0 Å². The van der Waals surface area contributed by atoms with Crippen LogP contribution in [0.15, 0.2) is 33.6 Å². The van der Waals surface area contributed by atoms with Crippen LogP contribution in [0.4, 0.5) is 9.80 Å². The average Bonchev–Trinajstić information content (AvgIpc) is 3.36. The predicted molar refractivity (Wildman–Crippen MR) is 125 cm³/mol. The number of carbonyl (C=O) groups is 2. The van der Waals surface area contributed by atoms with Crippen molar-refractivity contribution in [3.8, 4) is 17.5 Å². The van der Waals surface area contributed by atoms with Gasteiger partial charge in [-0.15, -0.1) is 11.3 Å². The van der Waals surface area contributed by atoms with Gasteiger partial charge in [0.15, 0.2) is 0 Å². The van der Waals surface area contributed by atoms with E-state index in [1.54, 1.807) is 49.9 Å². The van der Waals surface area contributed by atoms with Crippen molar-refractivity contribution in [3.63, 3.8) is 0 Å². The minimum Gasteiger partial charge on any atom is -0.497 e. The van der Waals surface area contributed by atoms with E-state index in [1.165, 1.54) is 23.1 Å². The number of ether oxygens (including phenoxy) is 2. The Hall–Kier alpha value is -4.11. The number of fused-ring (bicyclic) bond motifs is 1. The number of nitrogens with one attached hydrogen (secondary N) is 2. The number of aromatic amines is 1. The molecule has 12 heteroatoms. The molecule has 2 aromatic heterocycles. The van der Waals surface area contributed by atoms with E-state index < -0.39 is 23.2 Å². The quantitative estimate of drug-likeness (QED) is 0.527. The number of aromatic nitrogens is 2. The molecule has 35 heavy (non-hydrogen) atoms. The lowest BCUT2D eigenvalue weighted by Crippen LogP contribution is -2.42. The zero-order chi connectivity index (χ0) is 25.3. The second kappa shape index (κ2) is 9.27. The van der Waals surface area contributed by atoms with Crippen LogP contribution >= 0.6 is 11.3 Å². The third-order valence-electron chi connectivity index (χ3n) is 5.24. The number of hydrogen-bond acceptors (Lipinski definition) is 8. The van der Waals surface area contributed by atoms with Crippen molar-refractivity contribution in [2.24, 2.45) is 0 Å². The maximum absolute atomic E-state index is 13.1. The molecule has 3 heterocycles. The van der Waals surface area contributed by atoms with Gasteiger partial charge in [-0.25, -0.2) is 9.59 Å². The fourth-order valence-electron chi connectivity index (χ4n) is 3.63. The van der Waals surface area contributed by atoms with E-state index in [1.807, 2.05) is 0 Å². The number of nitriles is 1. The molecule has 0 unspecified atom stereocenters. The molecule has 2 N–H and O–H groups in total. The molecule has 182 valence electrons. The first-order valence-electron chi connectivity index (χ1n) is 10.7. The van der Waals surface area contributed by atoms with Crippen LogP contribution in [-0.4, -0.2) is 41.4 Å². The van der Waals surface area contributed by atoms with Gasteiger partial charge < -0.3 is 19.7 Å². The van der Waals surface area contributed by atoms with Crippen LogP contribution in [-0.2, 0) is 17.7 Å². The van der Waals surface area contributed by atoms with E-state index in [2.05, 4.69) is 16.7 Å². The molecule has 2 amide bonds. The van der Waals surface area contributed by atoms with Crippen molar-refractivity contribution in [3.05, 3.63) is 56.4 Å². The number of H-pyrrole nitrogens is 1. The maximum atomic E-state index is 13.1. The Bertz CT molecular complexity index is 1370. The van der Waals surface area contributed by atoms with Gasteiger partial charge in [0.2, 0.25) is 5.69 Å². The predicted octanol–water partition coefficient (Wildman–Crippen LogP) is 2.73. The molecule has 1 aromatic carbocycles. The number of anilines is 1. The molecule has 0 saturated heterocycles. The van der Waals surface area contributed by atoms with Gasteiger partial charge in [-0.05, 0) is 54.8 Å². The number of amides is 2. The number of thiophene rings is 1. The zero-order valence-corrected chi connectivity index (χ0v) is 20.4. The van der Waals surface area contributed by atoms with Gasteiger partial charge in [-0.2, -0.15) is 5.26 Å². The molecule has 1 aliphatic heterocycles. The van der Waals surface area contributed by atoms with E-state index in [0.717, 1.165) is 10.4 Å². The number of hydrogen-bond donors (Lipinski definition) is 2. The summed E-state index contributed by atoms with van der Waals surface area (Å²) < 4.78 is 16.6. The van der Waals surface area contributed by atoms with Crippen LogP contribution in [0.1, 0.15) is 47.3 Å². The number of benzene rings is 1. The molecule has 0 radical (unpaired) electrons. The Kier molecular flexibility index (Phi) is 6.36. The van der Waals surface area contributed by atoms with Crippen molar-refractivity contribution < 1.29 is 28.3 Å². The van der Waals surface area contributed by atoms with Gasteiger partial charge in [0.25, 0.3) is 0 Å². The second-order valence-electron chi connectivity index (χ2n) is 8.79. The van der Waals surface area contributed by atoms with E-state index in [0.29, 0.717) is 35.0 Å². The largest absolute Gasteiger partial charge is 0.497 e. The zero-order valence-electron chi connectivity index (χ0n) is 19.6. The highest BCUT2D eigenvalue weighted by Gasteiger charge is 2.34. The van der Waals surface area contributed by atoms with Crippen molar-refractivity contribution in [1.82, 2.24) is 10.2 Å². The Labute approximate surface area is 204 Å². The summed E-state index contributed by atoms with van der Waals surface area (Å²) in [5.41, 5.74) is -0.216. The standard InChI is InChI=1S/C23H23N5O6S/c1-23(2,3)33-22(31)27-10-9-15-16(11-24)20(35-17(15)12-27)25-19(29)18-21(30)34-26-28(18)13-5-7-14(32-4)8-6-13/h5-8H,9-10,12H2,1-4H3,(H-,25,26,29,30)/p+1. The molecule has 0 bridgehead atoms. The van der Waals surface area contributed by atoms with Crippen molar-refractivity contribution in [2.45, 2.75) is 39.3 Å². The molecule has 1 aliphatic rings. The Morgan fingerprint density at radius 2 is 2.00 bits per heavy atom. The highest BCUT2D eigenvalue weighted by molar-refractivity contribution is 7.16. The van der Waals surface area contributed by atoms with E-state index in [9.17, 15) is 19.6 Å². The van der Waals surface area contributed by atoms with Gasteiger partial charge in [-0.3, -0.25) is 9.32 Å². The minimum atomic E-state index is -0.866. The molecule has 4 rings (SSSR count). The topological polar surface area (TPSA) is 142 Å². The molecular formula is C23H24N5O6S+. The first-order valence-corrected chi connectivity index (χ1v) is 11.5. The van der Waals surface area contributed by atoms with Crippen LogP contribution < -0.4 is 20.4 Å². The van der Waals surface area contributed by atoms with Crippen LogP contribution in [0.5, 0.6) is 5.75 Å². The Morgan fingerprint density at radius 3 is 2.63 bits per heavy atom. The summed E-state index contributed by atoms with van der Waals surface area (Å²) in [5.74, 6) is -0.135. The third-order valence-corrected chi connectivity index (χ3v) is 6.37. The van der Waals surface area contributed by atoms with E-state index in [4.69, 9.17) is 14.0 Å². The number of nitrogens with zero attached hydrogens (tertiary/aromatic N) is 3. The minimum absolute atomic E-state index is 0.262. The molecule has 3 aromatic rings. The summed E-state index contributed by atoms with van der Waals surface area (Å²) >= 11 is 1.19. The Balaban J connectivity index is 1.59. The van der Waals surface area contributed by atoms with Gasteiger partial charge in [0, 0.05) is 23.6 Å². The SMILES string of the molecule is COc1ccc(-[n+]2[nH]oc(=O)c2C(=O)Nc2sc3c(c2C#N)CCN(C(=O)OC(C)(C)C)C3)cc1. The number of methoxy groups -OCH3 is 1. The lowest BCUT2D eigenvalue weighted by atomic mass is 10.0. The van der Waals surface area contributed by atoms with Crippen molar-refractivity contribution >= 4 is 28.3 Å². The number of carbonyl (C=O) groups excluding carboxylic acids is 2. The van der Waals surface area contributed by atoms with Gasteiger partial charge >= 0.3 is 23.3 Å². The lowest BCUT2D eigenvalue weighted by Gasteiger charge is -2.29. The van der Waals surface area contributed by atoms with Gasteiger partial charge in [0.05, 0.1) is 19.2 Å². The highest BCUT2D eigenvalue weighted by Crippen LogP contribution is 2.37. The van der Waals surface area contributed by atoms with Crippen LogP contribution in [0.2, 0.25) is 0 Å². The first kappa shape index (κ1) is 24.0. The fourth-order valence-corrected chi connectivity index (χ4v) is 4.84. The van der Waals surface area contributed by atoms with Crippen LogP contribution in [0, 0.1) is 11.3 Å². The molecule has 0 fully saturated rings. The summed E-state index contributed by atoms with van der Waals surface area (Å²) in [6.45, 7) is 6.03. The maximum Gasteiger partial charge on any atom is 0.441 e. The fraction of sp³-hybridized carbons (Fsp3) is 0.348. The Morgan fingerprint density at radius 1 is 1.29 bits per heavy atom. The first-order chi connectivity index (χ1) is 16.6. The monoisotopic (exact) mass is 498 g/mol. The molecule has 11 nitrogen and oxygen atoms in total. The molecule has 0 spiro atoms. The van der Waals surface area contributed by atoms with Crippen LogP contribution in [0.3, 0.4) is 0 Å². The summed E-state index contributed by atoms with van der Waals surface area (Å²) in [5, 5.41) is 15.2. The summed E-state index contributed by atoms with van der Waals surface area (Å²) in [7, 11) is 1.53. The second-order valence-corrected chi connectivity index (χ2v) is 9.89. The summed E-state index contributed by atoms with van der Waals surface area (Å²) in [6, 6.07) is 8.79. The number of rotatable bonds is 4. The highest BCUT2D eigenvalue weighted by atomic mass is 32.1. The summed E-state index contributed by atoms with van der Waals surface area (Å²) in [6.07, 6.45) is 0.00762. The molecular weight excluding hydrogens is 474 g/mol. The smallest absolute Gasteiger partial charge is 0.441 e. The molecule has 0 saturated carbocycles.